The Labute approximate surface area is 274 Å². The largest absolute Gasteiger partial charge is 0.459 e. The van der Waals surface area contributed by atoms with E-state index in [0.29, 0.717) is 29.6 Å². The normalized spacial score (nSPS) is 13.6. The molecule has 3 aromatic carbocycles. The van der Waals surface area contributed by atoms with Crippen LogP contribution in [0.1, 0.15) is 68.7 Å². The second kappa shape index (κ2) is 13.4. The Balaban J connectivity index is 1.38. The number of fused-ring (bicyclic) bond motifs is 2. The van der Waals surface area contributed by atoms with Gasteiger partial charge in [0.1, 0.15) is 17.9 Å². The van der Waals surface area contributed by atoms with Gasteiger partial charge in [-0.25, -0.2) is 19.6 Å². The summed E-state index contributed by atoms with van der Waals surface area (Å²) in [6.07, 6.45) is -0.750. The number of carbonyl (C=O) groups excluding carboxylic acids is 3. The number of esters is 1. The van der Waals surface area contributed by atoms with Gasteiger partial charge in [-0.3, -0.25) is 4.79 Å². The Morgan fingerprint density at radius 1 is 0.894 bits per heavy atom. The van der Waals surface area contributed by atoms with Gasteiger partial charge >= 0.3 is 12.1 Å². The van der Waals surface area contributed by atoms with Crippen molar-refractivity contribution in [2.75, 3.05) is 12.3 Å². The van der Waals surface area contributed by atoms with E-state index in [4.69, 9.17) is 19.9 Å². The summed E-state index contributed by atoms with van der Waals surface area (Å²) in [5, 5.41) is 3.14. The molecule has 1 aromatic heterocycles. The van der Waals surface area contributed by atoms with Crippen LogP contribution in [0.25, 0.3) is 22.0 Å². The molecule has 0 saturated heterocycles. The number of alkyl carbamates (subject to hydrolysis) is 1. The maximum Gasteiger partial charge on any atom is 0.408 e. The van der Waals surface area contributed by atoms with Crippen LogP contribution < -0.4 is 11.1 Å². The fourth-order valence-corrected chi connectivity index (χ4v) is 5.23. The van der Waals surface area contributed by atoms with Crippen molar-refractivity contribution in [2.45, 2.75) is 78.5 Å². The first-order chi connectivity index (χ1) is 22.2. The number of hydrogen-bond donors (Lipinski definition) is 2. The SMILES string of the molecule is CC(C)(C)OC[C@@H](NC(=O)OC(C)(C)C)C(=O)OCc1ccccc1-c1ccc2nc(N)nc(C(=O)N3Cc4ccccc4C3)c2c1. The first-order valence-corrected chi connectivity index (χ1v) is 15.5. The zero-order valence-electron chi connectivity index (χ0n) is 27.6. The van der Waals surface area contributed by atoms with E-state index in [1.807, 2.05) is 81.4 Å². The Kier molecular flexibility index (Phi) is 9.48. The molecular weight excluding hydrogens is 598 g/mol. The predicted octanol–water partition coefficient (Wildman–Crippen LogP) is 5.79. The van der Waals surface area contributed by atoms with Crippen LogP contribution in [-0.4, -0.2) is 56.7 Å². The molecule has 4 aromatic rings. The zero-order valence-corrected chi connectivity index (χ0v) is 27.6. The molecule has 11 heteroatoms. The lowest BCUT2D eigenvalue weighted by Gasteiger charge is -2.26. The Morgan fingerprint density at radius 3 is 2.21 bits per heavy atom. The van der Waals surface area contributed by atoms with Gasteiger partial charge in [-0.2, -0.15) is 0 Å². The van der Waals surface area contributed by atoms with Gasteiger partial charge in [-0.1, -0.05) is 54.6 Å². The lowest BCUT2D eigenvalue weighted by molar-refractivity contribution is -0.150. The second-order valence-corrected chi connectivity index (χ2v) is 13.5. The molecule has 1 atom stereocenters. The van der Waals surface area contributed by atoms with Crippen molar-refractivity contribution in [3.63, 3.8) is 0 Å². The van der Waals surface area contributed by atoms with Crippen LogP contribution in [-0.2, 0) is 38.7 Å². The number of nitrogens with zero attached hydrogens (tertiary/aromatic N) is 3. The molecule has 47 heavy (non-hydrogen) atoms. The molecule has 0 radical (unpaired) electrons. The monoisotopic (exact) mass is 639 g/mol. The molecule has 0 spiro atoms. The standard InChI is InChI=1S/C36H41N5O6/c1-35(2,3)46-21-29(39-34(44)47-36(4,5)6)32(43)45-20-25-13-9-10-14-26(25)22-15-16-28-27(17-22)30(40-33(37)38-28)31(42)41-18-23-11-7-8-12-24(23)19-41/h7-17,29H,18-21H2,1-6H3,(H,39,44)(H2,37,38,40)/t29-/m1/s1. The summed E-state index contributed by atoms with van der Waals surface area (Å²) >= 11 is 0. The number of carbonyl (C=O) groups is 3. The smallest absolute Gasteiger partial charge is 0.408 e. The van der Waals surface area contributed by atoms with Crippen LogP contribution in [0.5, 0.6) is 0 Å². The highest BCUT2D eigenvalue weighted by molar-refractivity contribution is 6.06. The highest BCUT2D eigenvalue weighted by Crippen LogP contribution is 2.31. The number of aromatic nitrogens is 2. The third-order valence-electron chi connectivity index (χ3n) is 7.40. The summed E-state index contributed by atoms with van der Waals surface area (Å²) in [6, 6.07) is 19.9. The average molecular weight is 640 g/mol. The minimum atomic E-state index is -1.09. The first kappa shape index (κ1) is 33.3. The molecule has 11 nitrogen and oxygen atoms in total. The van der Waals surface area contributed by atoms with Crippen molar-refractivity contribution in [3.05, 3.63) is 89.1 Å². The van der Waals surface area contributed by atoms with E-state index in [1.165, 1.54) is 0 Å². The molecule has 2 amide bonds. The van der Waals surface area contributed by atoms with Crippen LogP contribution in [0.3, 0.4) is 0 Å². The number of rotatable bonds is 8. The fourth-order valence-electron chi connectivity index (χ4n) is 5.23. The lowest BCUT2D eigenvalue weighted by Crippen LogP contribution is -2.48. The van der Waals surface area contributed by atoms with Gasteiger partial charge < -0.3 is 30.2 Å². The maximum absolute atomic E-state index is 13.8. The van der Waals surface area contributed by atoms with Crippen LogP contribution in [0.15, 0.2) is 66.7 Å². The van der Waals surface area contributed by atoms with E-state index in [0.717, 1.165) is 22.3 Å². The quantitative estimate of drug-likeness (QED) is 0.229. The molecule has 1 aliphatic rings. The molecule has 0 unspecified atom stereocenters. The number of nitrogens with two attached hydrogens (primary N) is 1. The Bertz CT molecular complexity index is 1790. The lowest BCUT2D eigenvalue weighted by atomic mass is 9.98. The second-order valence-electron chi connectivity index (χ2n) is 13.5. The number of ether oxygens (including phenoxy) is 3. The summed E-state index contributed by atoms with van der Waals surface area (Å²) in [5.41, 5.74) is 9.98. The highest BCUT2D eigenvalue weighted by Gasteiger charge is 2.29. The molecule has 5 rings (SSSR count). The number of amides is 2. The Morgan fingerprint density at radius 2 is 1.55 bits per heavy atom. The molecule has 1 aliphatic heterocycles. The highest BCUT2D eigenvalue weighted by atomic mass is 16.6. The van der Waals surface area contributed by atoms with Gasteiger partial charge in [0, 0.05) is 18.5 Å². The minimum Gasteiger partial charge on any atom is -0.459 e. The van der Waals surface area contributed by atoms with Crippen LogP contribution in [0, 0.1) is 0 Å². The summed E-state index contributed by atoms with van der Waals surface area (Å²) < 4.78 is 16.9. The van der Waals surface area contributed by atoms with Gasteiger partial charge in [0.15, 0.2) is 6.04 Å². The van der Waals surface area contributed by atoms with Crippen LogP contribution in [0.2, 0.25) is 0 Å². The summed E-state index contributed by atoms with van der Waals surface area (Å²) in [4.78, 5) is 50.1. The number of hydrogen-bond acceptors (Lipinski definition) is 9. The summed E-state index contributed by atoms with van der Waals surface area (Å²) in [7, 11) is 0. The number of benzene rings is 3. The van der Waals surface area contributed by atoms with E-state index < -0.39 is 29.3 Å². The van der Waals surface area contributed by atoms with Crippen LogP contribution in [0.4, 0.5) is 10.7 Å². The third kappa shape index (κ3) is 8.42. The fraction of sp³-hybridized carbons (Fsp3) is 0.361. The molecule has 246 valence electrons. The maximum atomic E-state index is 13.8. The molecule has 0 fully saturated rings. The molecule has 3 N–H and O–H groups in total. The molecule has 0 saturated carbocycles. The van der Waals surface area contributed by atoms with Crippen molar-refractivity contribution >= 4 is 34.8 Å². The van der Waals surface area contributed by atoms with Crippen molar-refractivity contribution < 1.29 is 28.6 Å². The van der Waals surface area contributed by atoms with Crippen molar-refractivity contribution in [2.24, 2.45) is 0 Å². The van der Waals surface area contributed by atoms with Gasteiger partial charge in [0.05, 0.1) is 17.7 Å². The average Bonchev–Trinajstić information content (AvgIpc) is 3.44. The molecular formula is C36H41N5O6. The number of nitrogen functional groups attached to an aromatic ring is 1. The van der Waals surface area contributed by atoms with Crippen molar-refractivity contribution in [3.8, 4) is 11.1 Å². The summed E-state index contributed by atoms with van der Waals surface area (Å²) in [6.45, 7) is 11.6. The van der Waals surface area contributed by atoms with E-state index in [1.54, 1.807) is 31.7 Å². The van der Waals surface area contributed by atoms with E-state index in [9.17, 15) is 14.4 Å². The predicted molar refractivity (Wildman–Crippen MR) is 178 cm³/mol. The van der Waals surface area contributed by atoms with Gasteiger partial charge in [-0.15, -0.1) is 0 Å². The third-order valence-corrected chi connectivity index (χ3v) is 7.40. The van der Waals surface area contributed by atoms with Gasteiger partial charge in [-0.05, 0) is 81.5 Å². The first-order valence-electron chi connectivity index (χ1n) is 15.5. The number of nitrogens with one attached hydrogen (secondary N) is 1. The molecule has 0 bridgehead atoms. The molecule has 2 heterocycles. The van der Waals surface area contributed by atoms with E-state index in [-0.39, 0.29) is 30.8 Å². The minimum absolute atomic E-state index is 0.0163. The topological polar surface area (TPSA) is 146 Å². The van der Waals surface area contributed by atoms with E-state index in [2.05, 4.69) is 15.3 Å². The van der Waals surface area contributed by atoms with E-state index >= 15 is 0 Å². The zero-order chi connectivity index (χ0) is 33.9. The number of anilines is 1. The van der Waals surface area contributed by atoms with Gasteiger partial charge in [0.25, 0.3) is 5.91 Å². The van der Waals surface area contributed by atoms with Crippen LogP contribution >= 0.6 is 0 Å². The Hall–Kier alpha value is -5.03. The molecule has 0 aliphatic carbocycles. The van der Waals surface area contributed by atoms with Crippen molar-refractivity contribution in [1.82, 2.24) is 20.2 Å². The summed E-state index contributed by atoms with van der Waals surface area (Å²) in [5.74, 6) is -0.889. The van der Waals surface area contributed by atoms with Crippen molar-refractivity contribution in [1.29, 1.82) is 0 Å². The van der Waals surface area contributed by atoms with Gasteiger partial charge in [0.2, 0.25) is 5.95 Å².